The zero-order chi connectivity index (χ0) is 14.8. The largest absolute Gasteiger partial charge is 0.494 e. The average Bonchev–Trinajstić information content (AvgIpc) is 2.42. The van der Waals surface area contributed by atoms with Gasteiger partial charge in [0.15, 0.2) is 21.4 Å². The Balaban J connectivity index is 2.42. The number of sulfone groups is 1. The zero-order valence-electron chi connectivity index (χ0n) is 11.7. The van der Waals surface area contributed by atoms with E-state index in [1.165, 1.54) is 13.2 Å². The van der Waals surface area contributed by atoms with Gasteiger partial charge in [-0.2, -0.15) is 0 Å². The molecule has 1 N–H and O–H groups in total. The molecular weight excluding hydrogens is 281 g/mol. The van der Waals surface area contributed by atoms with Crippen molar-refractivity contribution in [3.05, 3.63) is 29.6 Å². The van der Waals surface area contributed by atoms with Gasteiger partial charge in [0, 0.05) is 5.56 Å². The molecule has 1 aliphatic rings. The maximum Gasteiger partial charge on any atom is 0.169 e. The third-order valence-corrected chi connectivity index (χ3v) is 6.15. The fraction of sp³-hybridized carbons (Fsp3) is 0.571. The van der Waals surface area contributed by atoms with Crippen LogP contribution in [0.5, 0.6) is 5.75 Å². The van der Waals surface area contributed by atoms with Crippen LogP contribution in [0, 0.1) is 5.82 Å². The van der Waals surface area contributed by atoms with Crippen molar-refractivity contribution in [1.82, 2.24) is 5.32 Å². The van der Waals surface area contributed by atoms with Gasteiger partial charge in [-0.15, -0.1) is 0 Å². The van der Waals surface area contributed by atoms with Gasteiger partial charge in [0.05, 0.1) is 24.2 Å². The summed E-state index contributed by atoms with van der Waals surface area (Å²) in [5.74, 6) is -0.174. The normalized spacial score (nSPS) is 23.2. The lowest BCUT2D eigenvalue weighted by molar-refractivity contribution is 0.377. The minimum absolute atomic E-state index is 0.135. The molecule has 0 aliphatic carbocycles. The van der Waals surface area contributed by atoms with Crippen LogP contribution in [-0.4, -0.2) is 33.6 Å². The quantitative estimate of drug-likeness (QED) is 0.925. The molecule has 2 atom stereocenters. The molecule has 2 rings (SSSR count). The van der Waals surface area contributed by atoms with Gasteiger partial charge in [-0.1, -0.05) is 18.6 Å². The molecule has 0 radical (unpaired) electrons. The van der Waals surface area contributed by atoms with Crippen LogP contribution in [0.2, 0.25) is 0 Å². The van der Waals surface area contributed by atoms with E-state index in [1.54, 1.807) is 19.2 Å². The first-order valence-corrected chi connectivity index (χ1v) is 8.44. The highest BCUT2D eigenvalue weighted by atomic mass is 32.2. The Morgan fingerprint density at radius 2 is 2.15 bits per heavy atom. The third-order valence-electron chi connectivity index (χ3n) is 3.86. The number of hydrogen-bond donors (Lipinski definition) is 1. The van der Waals surface area contributed by atoms with Crippen molar-refractivity contribution < 1.29 is 17.5 Å². The lowest BCUT2D eigenvalue weighted by atomic mass is 9.98. The number of hydrogen-bond acceptors (Lipinski definition) is 4. The molecule has 0 aromatic heterocycles. The lowest BCUT2D eigenvalue weighted by Crippen LogP contribution is -2.39. The van der Waals surface area contributed by atoms with E-state index in [4.69, 9.17) is 4.74 Å². The van der Waals surface area contributed by atoms with Gasteiger partial charge in [0.2, 0.25) is 0 Å². The minimum atomic E-state index is -3.19. The summed E-state index contributed by atoms with van der Waals surface area (Å²) in [4.78, 5) is 0. The molecule has 0 amide bonds. The van der Waals surface area contributed by atoms with Crippen molar-refractivity contribution in [3.8, 4) is 5.75 Å². The Kier molecular flexibility index (Phi) is 4.65. The van der Waals surface area contributed by atoms with Crippen LogP contribution in [-0.2, 0) is 9.84 Å². The number of benzene rings is 1. The second kappa shape index (κ2) is 6.10. The summed E-state index contributed by atoms with van der Waals surface area (Å²) in [5.41, 5.74) is 0.349. The van der Waals surface area contributed by atoms with Crippen molar-refractivity contribution in [3.63, 3.8) is 0 Å². The SMILES string of the molecule is CNC(c1cccc(OC)c1F)C1CCCCS1(=O)=O. The first-order chi connectivity index (χ1) is 9.51. The summed E-state index contributed by atoms with van der Waals surface area (Å²) in [5, 5.41) is 2.38. The van der Waals surface area contributed by atoms with Crippen LogP contribution < -0.4 is 10.1 Å². The number of ether oxygens (including phenoxy) is 1. The Morgan fingerprint density at radius 3 is 2.75 bits per heavy atom. The smallest absolute Gasteiger partial charge is 0.169 e. The first-order valence-electron chi connectivity index (χ1n) is 6.72. The molecule has 4 nitrogen and oxygen atoms in total. The maximum absolute atomic E-state index is 14.4. The van der Waals surface area contributed by atoms with Gasteiger partial charge in [0.1, 0.15) is 0 Å². The Hall–Kier alpha value is -1.14. The minimum Gasteiger partial charge on any atom is -0.494 e. The standard InChI is InChI=1S/C14H20FNO3S/c1-16-14(12-8-3-4-9-20(12,17)18)10-6-5-7-11(19-2)13(10)15/h5-7,12,14,16H,3-4,8-9H2,1-2H3. The Labute approximate surface area is 119 Å². The van der Waals surface area contributed by atoms with Crippen LogP contribution in [0.3, 0.4) is 0 Å². The molecule has 0 saturated carbocycles. The molecule has 6 heteroatoms. The van der Waals surface area contributed by atoms with Crippen molar-refractivity contribution in [2.75, 3.05) is 19.9 Å². The van der Waals surface area contributed by atoms with E-state index in [9.17, 15) is 12.8 Å². The highest BCUT2D eigenvalue weighted by molar-refractivity contribution is 7.92. The van der Waals surface area contributed by atoms with Gasteiger partial charge in [0.25, 0.3) is 0 Å². The van der Waals surface area contributed by atoms with Crippen molar-refractivity contribution in [2.45, 2.75) is 30.6 Å². The second-order valence-corrected chi connectivity index (χ2v) is 7.37. The fourth-order valence-electron chi connectivity index (χ4n) is 2.82. The summed E-state index contributed by atoms with van der Waals surface area (Å²) in [6, 6.07) is 4.27. The number of methoxy groups -OCH3 is 1. The van der Waals surface area contributed by atoms with E-state index in [0.29, 0.717) is 18.4 Å². The maximum atomic E-state index is 14.4. The summed E-state index contributed by atoms with van der Waals surface area (Å²) >= 11 is 0. The lowest BCUT2D eigenvalue weighted by Gasteiger charge is -2.30. The monoisotopic (exact) mass is 301 g/mol. The molecule has 1 aliphatic heterocycles. The van der Waals surface area contributed by atoms with E-state index < -0.39 is 26.9 Å². The van der Waals surface area contributed by atoms with Crippen LogP contribution >= 0.6 is 0 Å². The molecule has 1 heterocycles. The van der Waals surface area contributed by atoms with Crippen molar-refractivity contribution in [1.29, 1.82) is 0 Å². The molecule has 0 bridgehead atoms. The van der Waals surface area contributed by atoms with Gasteiger partial charge in [-0.05, 0) is 26.0 Å². The number of halogens is 1. The molecule has 0 spiro atoms. The van der Waals surface area contributed by atoms with Crippen molar-refractivity contribution in [2.24, 2.45) is 0 Å². The van der Waals surface area contributed by atoms with E-state index in [-0.39, 0.29) is 11.5 Å². The van der Waals surface area contributed by atoms with Crippen LogP contribution in [0.4, 0.5) is 4.39 Å². The van der Waals surface area contributed by atoms with Crippen LogP contribution in [0.25, 0.3) is 0 Å². The number of rotatable bonds is 4. The highest BCUT2D eigenvalue weighted by Crippen LogP contribution is 2.33. The summed E-state index contributed by atoms with van der Waals surface area (Å²) in [6.45, 7) is 0. The van der Waals surface area contributed by atoms with E-state index in [2.05, 4.69) is 5.32 Å². The predicted molar refractivity (Wildman–Crippen MR) is 76.2 cm³/mol. The number of nitrogens with one attached hydrogen (secondary N) is 1. The van der Waals surface area contributed by atoms with Crippen LogP contribution in [0.15, 0.2) is 18.2 Å². The summed E-state index contributed by atoms with van der Waals surface area (Å²) in [7, 11) is -0.132. The topological polar surface area (TPSA) is 55.4 Å². The highest BCUT2D eigenvalue weighted by Gasteiger charge is 2.37. The average molecular weight is 301 g/mol. The second-order valence-electron chi connectivity index (χ2n) is 5.03. The van der Waals surface area contributed by atoms with Gasteiger partial charge in [-0.25, -0.2) is 12.8 Å². The van der Waals surface area contributed by atoms with Crippen molar-refractivity contribution >= 4 is 9.84 Å². The molecule has 20 heavy (non-hydrogen) atoms. The molecule has 1 aromatic carbocycles. The Bertz CT molecular complexity index is 574. The molecule has 1 saturated heterocycles. The predicted octanol–water partition coefficient (Wildman–Crippen LogP) is 2.06. The van der Waals surface area contributed by atoms with Crippen LogP contribution in [0.1, 0.15) is 30.9 Å². The van der Waals surface area contributed by atoms with Gasteiger partial charge < -0.3 is 10.1 Å². The zero-order valence-corrected chi connectivity index (χ0v) is 12.5. The Morgan fingerprint density at radius 1 is 1.40 bits per heavy atom. The summed E-state index contributed by atoms with van der Waals surface area (Å²) in [6.07, 6.45) is 2.11. The molecule has 112 valence electrons. The van der Waals surface area contributed by atoms with E-state index in [1.807, 2.05) is 0 Å². The molecule has 1 fully saturated rings. The molecule has 2 unspecified atom stereocenters. The summed E-state index contributed by atoms with van der Waals surface area (Å²) < 4.78 is 43.8. The van der Waals surface area contributed by atoms with Gasteiger partial charge >= 0.3 is 0 Å². The third kappa shape index (κ3) is 2.81. The van der Waals surface area contributed by atoms with E-state index in [0.717, 1.165) is 6.42 Å². The van der Waals surface area contributed by atoms with E-state index >= 15 is 0 Å². The molecule has 1 aromatic rings. The van der Waals surface area contributed by atoms with Gasteiger partial charge in [-0.3, -0.25) is 0 Å². The molecular formula is C14H20FNO3S. The fourth-order valence-corrected chi connectivity index (χ4v) is 4.95. The first kappa shape index (κ1) is 15.3.